The van der Waals surface area contributed by atoms with Crippen molar-refractivity contribution >= 4 is 35.8 Å². The molecule has 2 heterocycles. The SMILES string of the molecule is CC(=O)OCC1O[C@@H](O[C@@H]2C(COC(C)=O)OC(C)[C@@H](OC(C)=O)[C@@H]2OC(C)=O)C(OC(C)=O)[C@H](OC(C)=O)[C@@H]1C. The number of carbonyl (C=O) groups excluding carboxylic acids is 6. The molecule has 0 spiro atoms. The Labute approximate surface area is 237 Å². The predicted molar refractivity (Wildman–Crippen MR) is 133 cm³/mol. The molecule has 2 saturated heterocycles. The highest BCUT2D eigenvalue weighted by Crippen LogP contribution is 2.36. The first kappa shape index (κ1) is 33.9. The molecular weight excluding hydrogens is 552 g/mol. The molecule has 232 valence electrons. The topological polar surface area (TPSA) is 185 Å². The third-order valence-electron chi connectivity index (χ3n) is 6.27. The van der Waals surface area contributed by atoms with Gasteiger partial charge in [0, 0.05) is 47.5 Å². The number of ether oxygens (including phenoxy) is 9. The van der Waals surface area contributed by atoms with Crippen molar-refractivity contribution < 1.29 is 71.4 Å². The lowest BCUT2D eigenvalue weighted by Crippen LogP contribution is -2.65. The van der Waals surface area contributed by atoms with Gasteiger partial charge in [0.2, 0.25) is 0 Å². The Morgan fingerprint density at radius 1 is 0.512 bits per heavy atom. The van der Waals surface area contributed by atoms with E-state index in [-0.39, 0.29) is 13.2 Å². The minimum Gasteiger partial charge on any atom is -0.463 e. The summed E-state index contributed by atoms with van der Waals surface area (Å²) < 4.78 is 50.4. The van der Waals surface area contributed by atoms with Crippen molar-refractivity contribution in [3.63, 3.8) is 0 Å². The molecule has 10 atom stereocenters. The summed E-state index contributed by atoms with van der Waals surface area (Å²) in [5.41, 5.74) is 0. The zero-order valence-electron chi connectivity index (χ0n) is 24.3. The lowest BCUT2D eigenvalue weighted by atomic mass is 9.90. The summed E-state index contributed by atoms with van der Waals surface area (Å²) in [6, 6.07) is 0. The summed E-state index contributed by atoms with van der Waals surface area (Å²) in [6.07, 6.45) is -10.6. The molecule has 4 unspecified atom stereocenters. The van der Waals surface area contributed by atoms with Crippen LogP contribution in [0.3, 0.4) is 0 Å². The lowest BCUT2D eigenvalue weighted by Gasteiger charge is -2.48. The fourth-order valence-electron chi connectivity index (χ4n) is 4.65. The maximum absolute atomic E-state index is 12.1. The molecule has 2 fully saturated rings. The van der Waals surface area contributed by atoms with E-state index < -0.39 is 96.9 Å². The smallest absolute Gasteiger partial charge is 0.303 e. The Balaban J connectivity index is 2.57. The second kappa shape index (κ2) is 15.1. The molecule has 2 rings (SSSR count). The van der Waals surface area contributed by atoms with E-state index in [2.05, 4.69) is 0 Å². The van der Waals surface area contributed by atoms with Crippen molar-refractivity contribution in [2.45, 2.75) is 111 Å². The maximum atomic E-state index is 12.1. The first-order chi connectivity index (χ1) is 19.1. The van der Waals surface area contributed by atoms with Crippen LogP contribution in [0.1, 0.15) is 55.4 Å². The molecule has 15 nitrogen and oxygen atoms in total. The van der Waals surface area contributed by atoms with Crippen LogP contribution in [0, 0.1) is 5.92 Å². The van der Waals surface area contributed by atoms with Gasteiger partial charge in [-0.1, -0.05) is 6.92 Å². The van der Waals surface area contributed by atoms with E-state index in [1.807, 2.05) is 0 Å². The number of hydrogen-bond acceptors (Lipinski definition) is 15. The molecule has 41 heavy (non-hydrogen) atoms. The van der Waals surface area contributed by atoms with Crippen LogP contribution >= 0.6 is 0 Å². The van der Waals surface area contributed by atoms with Crippen LogP contribution < -0.4 is 0 Å². The van der Waals surface area contributed by atoms with Crippen molar-refractivity contribution in [3.05, 3.63) is 0 Å². The van der Waals surface area contributed by atoms with Gasteiger partial charge in [0.1, 0.15) is 37.6 Å². The van der Waals surface area contributed by atoms with E-state index in [0.29, 0.717) is 0 Å². The molecule has 2 aliphatic heterocycles. The van der Waals surface area contributed by atoms with E-state index in [1.165, 1.54) is 13.8 Å². The third-order valence-corrected chi connectivity index (χ3v) is 6.27. The molecule has 2 aliphatic rings. The maximum Gasteiger partial charge on any atom is 0.303 e. The van der Waals surface area contributed by atoms with Crippen molar-refractivity contribution in [1.82, 2.24) is 0 Å². The summed E-state index contributed by atoms with van der Waals surface area (Å²) in [4.78, 5) is 71.3. The molecule has 0 aromatic rings. The van der Waals surface area contributed by atoms with Gasteiger partial charge >= 0.3 is 35.8 Å². The van der Waals surface area contributed by atoms with Crippen LogP contribution in [0.2, 0.25) is 0 Å². The second-order valence-corrected chi connectivity index (χ2v) is 9.78. The summed E-state index contributed by atoms with van der Waals surface area (Å²) >= 11 is 0. The largest absolute Gasteiger partial charge is 0.463 e. The molecule has 0 aromatic heterocycles. The Hall–Kier alpha value is -3.30. The van der Waals surface area contributed by atoms with Gasteiger partial charge < -0.3 is 42.6 Å². The van der Waals surface area contributed by atoms with Gasteiger partial charge in [0.25, 0.3) is 0 Å². The first-order valence-electron chi connectivity index (χ1n) is 13.0. The molecule has 0 aliphatic carbocycles. The third kappa shape index (κ3) is 9.93. The summed E-state index contributed by atoms with van der Waals surface area (Å²) in [5.74, 6) is -4.78. The van der Waals surface area contributed by atoms with Gasteiger partial charge in [-0.2, -0.15) is 0 Å². The van der Waals surface area contributed by atoms with Crippen molar-refractivity contribution in [1.29, 1.82) is 0 Å². The van der Waals surface area contributed by atoms with Gasteiger partial charge in [-0.25, -0.2) is 0 Å². The Morgan fingerprint density at radius 3 is 1.44 bits per heavy atom. The number of rotatable bonds is 10. The van der Waals surface area contributed by atoms with Crippen molar-refractivity contribution in [2.24, 2.45) is 5.92 Å². The molecule has 0 bridgehead atoms. The highest BCUT2D eigenvalue weighted by molar-refractivity contribution is 5.68. The van der Waals surface area contributed by atoms with E-state index in [4.69, 9.17) is 42.6 Å². The van der Waals surface area contributed by atoms with Crippen LogP contribution in [-0.4, -0.2) is 104 Å². The molecule has 0 amide bonds. The molecular formula is C26H38O15. The standard InChI is InChI=1S/C26H38O15/c1-11-19(9-33-13(3)27)40-26(25(39-18(8)32)21(11)36-15(5)29)41-23-20(10-34-14(4)28)35-12(2)22(37-16(6)30)24(23)38-17(7)31/h11-12,19-26H,9-10H2,1-8H3/t11-,12?,19?,20?,21-,22-,23-,24+,25?,26+/m1/s1. The summed E-state index contributed by atoms with van der Waals surface area (Å²) in [6.45, 7) is 9.54. The van der Waals surface area contributed by atoms with Crippen LogP contribution in [0.5, 0.6) is 0 Å². The molecule has 0 aromatic carbocycles. The van der Waals surface area contributed by atoms with Crippen molar-refractivity contribution in [3.8, 4) is 0 Å². The van der Waals surface area contributed by atoms with Crippen molar-refractivity contribution in [2.75, 3.05) is 13.2 Å². The lowest BCUT2D eigenvalue weighted by molar-refractivity contribution is -0.337. The molecule has 0 radical (unpaired) electrons. The van der Waals surface area contributed by atoms with Crippen LogP contribution in [0.15, 0.2) is 0 Å². The minimum absolute atomic E-state index is 0.264. The van der Waals surface area contributed by atoms with Gasteiger partial charge in [-0.15, -0.1) is 0 Å². The number of carbonyl (C=O) groups is 6. The van der Waals surface area contributed by atoms with Crippen LogP contribution in [0.25, 0.3) is 0 Å². The summed E-state index contributed by atoms with van der Waals surface area (Å²) in [7, 11) is 0. The van der Waals surface area contributed by atoms with E-state index >= 15 is 0 Å². The number of esters is 6. The van der Waals surface area contributed by atoms with Gasteiger partial charge in [0.15, 0.2) is 24.6 Å². The average molecular weight is 591 g/mol. The Bertz CT molecular complexity index is 980. The predicted octanol–water partition coefficient (Wildman–Crippen LogP) is 0.373. The minimum atomic E-state index is -1.52. The fraction of sp³-hybridized carbons (Fsp3) is 0.769. The average Bonchev–Trinajstić information content (AvgIpc) is 2.83. The highest BCUT2D eigenvalue weighted by atomic mass is 16.7. The van der Waals surface area contributed by atoms with E-state index in [0.717, 1.165) is 27.7 Å². The first-order valence-corrected chi connectivity index (χ1v) is 13.0. The van der Waals surface area contributed by atoms with Gasteiger partial charge in [-0.3, -0.25) is 28.8 Å². The van der Waals surface area contributed by atoms with E-state index in [1.54, 1.807) is 13.8 Å². The highest BCUT2D eigenvalue weighted by Gasteiger charge is 2.55. The second-order valence-electron chi connectivity index (χ2n) is 9.78. The Kier molecular flexibility index (Phi) is 12.5. The van der Waals surface area contributed by atoms with Gasteiger partial charge in [0.05, 0.1) is 6.10 Å². The monoisotopic (exact) mass is 590 g/mol. The van der Waals surface area contributed by atoms with Crippen LogP contribution in [0.4, 0.5) is 0 Å². The van der Waals surface area contributed by atoms with E-state index in [9.17, 15) is 28.8 Å². The Morgan fingerprint density at radius 2 is 0.951 bits per heavy atom. The van der Waals surface area contributed by atoms with Gasteiger partial charge in [-0.05, 0) is 6.92 Å². The zero-order chi connectivity index (χ0) is 31.0. The molecule has 15 heteroatoms. The normalized spacial score (nSPS) is 33.1. The quantitative estimate of drug-likeness (QED) is 0.251. The summed E-state index contributed by atoms with van der Waals surface area (Å²) in [5, 5.41) is 0. The number of hydrogen-bond donors (Lipinski definition) is 0. The molecule has 0 saturated carbocycles. The fourth-order valence-corrected chi connectivity index (χ4v) is 4.65. The molecule has 0 N–H and O–H groups in total. The zero-order valence-corrected chi connectivity index (χ0v) is 24.3. The van der Waals surface area contributed by atoms with Crippen LogP contribution in [-0.2, 0) is 71.4 Å².